The lowest BCUT2D eigenvalue weighted by atomic mass is 9.93. The van der Waals surface area contributed by atoms with Crippen LogP contribution in [0.5, 0.6) is 11.5 Å². The number of phenolic OH excluding ortho intramolecular Hbond substituents is 2. The Morgan fingerprint density at radius 1 is 0.500 bits per heavy atom. The Bertz CT molecular complexity index is 818. The lowest BCUT2D eigenvalue weighted by Crippen LogP contribution is -1.84. The van der Waals surface area contributed by atoms with E-state index in [9.17, 15) is 10.2 Å². The van der Waals surface area contributed by atoms with Gasteiger partial charge in [-0.1, -0.05) is 36.4 Å². The molecule has 0 bridgehead atoms. The molecular formula is C16H10O2. The number of benzene rings is 4. The van der Waals surface area contributed by atoms with Gasteiger partial charge in [0.1, 0.15) is 11.5 Å². The Balaban J connectivity index is 2.47. The topological polar surface area (TPSA) is 40.5 Å². The summed E-state index contributed by atoms with van der Waals surface area (Å²) in [5, 5.41) is 25.7. The molecule has 0 unspecified atom stereocenters. The van der Waals surface area contributed by atoms with Gasteiger partial charge in [0.2, 0.25) is 0 Å². The van der Waals surface area contributed by atoms with Gasteiger partial charge in [-0.3, -0.25) is 0 Å². The SMILES string of the molecule is Oc1ccc2ccc3c(O)ccc4ccc1c2c43. The minimum atomic E-state index is 0.278. The third-order valence-electron chi connectivity index (χ3n) is 3.62. The van der Waals surface area contributed by atoms with E-state index >= 15 is 0 Å². The van der Waals surface area contributed by atoms with Gasteiger partial charge in [-0.05, 0) is 22.9 Å². The minimum Gasteiger partial charge on any atom is -0.507 e. The molecule has 2 heteroatoms. The van der Waals surface area contributed by atoms with E-state index in [1.54, 1.807) is 12.1 Å². The van der Waals surface area contributed by atoms with E-state index in [4.69, 9.17) is 0 Å². The van der Waals surface area contributed by atoms with Crippen molar-refractivity contribution >= 4 is 32.3 Å². The van der Waals surface area contributed by atoms with Crippen LogP contribution in [0.2, 0.25) is 0 Å². The first-order valence-electron chi connectivity index (χ1n) is 5.84. The maximum absolute atomic E-state index is 9.95. The highest BCUT2D eigenvalue weighted by Gasteiger charge is 2.11. The van der Waals surface area contributed by atoms with Crippen molar-refractivity contribution in [2.45, 2.75) is 0 Å². The van der Waals surface area contributed by atoms with Crippen molar-refractivity contribution in [2.24, 2.45) is 0 Å². The maximum atomic E-state index is 9.95. The van der Waals surface area contributed by atoms with Crippen LogP contribution in [-0.2, 0) is 0 Å². The largest absolute Gasteiger partial charge is 0.507 e. The molecule has 2 N–H and O–H groups in total. The zero-order valence-electron chi connectivity index (χ0n) is 9.51. The zero-order valence-corrected chi connectivity index (χ0v) is 9.51. The summed E-state index contributed by atoms with van der Waals surface area (Å²) in [7, 11) is 0. The monoisotopic (exact) mass is 234 g/mol. The van der Waals surface area contributed by atoms with E-state index in [-0.39, 0.29) is 11.5 Å². The quantitative estimate of drug-likeness (QED) is 0.451. The molecule has 0 aliphatic heterocycles. The molecule has 2 nitrogen and oxygen atoms in total. The van der Waals surface area contributed by atoms with Crippen molar-refractivity contribution in [2.75, 3.05) is 0 Å². The van der Waals surface area contributed by atoms with Crippen LogP contribution in [0.3, 0.4) is 0 Å². The Morgan fingerprint density at radius 3 is 1.33 bits per heavy atom. The smallest absolute Gasteiger partial charge is 0.123 e. The fraction of sp³-hybridized carbons (Fsp3) is 0. The predicted molar refractivity (Wildman–Crippen MR) is 73.5 cm³/mol. The van der Waals surface area contributed by atoms with Crippen LogP contribution in [-0.4, -0.2) is 10.2 Å². The second-order valence-electron chi connectivity index (χ2n) is 4.59. The average molecular weight is 234 g/mol. The molecule has 0 heterocycles. The van der Waals surface area contributed by atoms with Crippen molar-refractivity contribution in [1.82, 2.24) is 0 Å². The number of phenols is 2. The molecule has 86 valence electrons. The zero-order chi connectivity index (χ0) is 12.3. The first-order valence-corrected chi connectivity index (χ1v) is 5.84. The van der Waals surface area contributed by atoms with Crippen molar-refractivity contribution in [1.29, 1.82) is 0 Å². The summed E-state index contributed by atoms with van der Waals surface area (Å²) in [6, 6.07) is 15.0. The lowest BCUT2D eigenvalue weighted by Gasteiger charge is -2.12. The number of hydrogen-bond donors (Lipinski definition) is 2. The van der Waals surface area contributed by atoms with Crippen LogP contribution < -0.4 is 0 Å². The average Bonchev–Trinajstić information content (AvgIpc) is 2.40. The van der Waals surface area contributed by atoms with Gasteiger partial charge in [0, 0.05) is 21.5 Å². The summed E-state index contributed by atoms with van der Waals surface area (Å²) in [5.41, 5.74) is 0. The summed E-state index contributed by atoms with van der Waals surface area (Å²) in [4.78, 5) is 0. The third-order valence-corrected chi connectivity index (χ3v) is 3.62. The van der Waals surface area contributed by atoms with Gasteiger partial charge >= 0.3 is 0 Å². The van der Waals surface area contributed by atoms with Crippen LogP contribution >= 0.6 is 0 Å². The van der Waals surface area contributed by atoms with Crippen LogP contribution in [0.4, 0.5) is 0 Å². The molecule has 0 fully saturated rings. The van der Waals surface area contributed by atoms with Crippen LogP contribution in [0.15, 0.2) is 48.5 Å². The number of hydrogen-bond acceptors (Lipinski definition) is 2. The molecule has 4 aromatic rings. The second-order valence-corrected chi connectivity index (χ2v) is 4.59. The molecule has 4 rings (SSSR count). The third kappa shape index (κ3) is 1.02. The highest BCUT2D eigenvalue weighted by Crippen LogP contribution is 2.40. The van der Waals surface area contributed by atoms with Crippen molar-refractivity contribution in [3.63, 3.8) is 0 Å². The van der Waals surface area contributed by atoms with Crippen molar-refractivity contribution in [3.8, 4) is 11.5 Å². The Morgan fingerprint density at radius 2 is 0.889 bits per heavy atom. The molecule has 0 spiro atoms. The Kier molecular flexibility index (Phi) is 1.61. The molecule has 0 saturated heterocycles. The molecule has 0 radical (unpaired) electrons. The van der Waals surface area contributed by atoms with Gasteiger partial charge in [0.05, 0.1) is 0 Å². The first kappa shape index (κ1) is 9.54. The Labute approximate surface area is 103 Å². The van der Waals surface area contributed by atoms with E-state index in [1.807, 2.05) is 36.4 Å². The molecule has 0 saturated carbocycles. The van der Waals surface area contributed by atoms with E-state index in [0.29, 0.717) is 0 Å². The van der Waals surface area contributed by atoms with Gasteiger partial charge in [-0.25, -0.2) is 0 Å². The highest BCUT2D eigenvalue weighted by atomic mass is 16.3. The summed E-state index contributed by atoms with van der Waals surface area (Å²) in [6.07, 6.45) is 0. The van der Waals surface area contributed by atoms with Crippen LogP contribution in [0.25, 0.3) is 32.3 Å². The van der Waals surface area contributed by atoms with E-state index in [0.717, 1.165) is 32.3 Å². The van der Waals surface area contributed by atoms with E-state index < -0.39 is 0 Å². The maximum Gasteiger partial charge on any atom is 0.123 e. The highest BCUT2D eigenvalue weighted by molar-refractivity contribution is 6.25. The lowest BCUT2D eigenvalue weighted by molar-refractivity contribution is 0.481. The number of rotatable bonds is 0. The number of aromatic hydroxyl groups is 2. The summed E-state index contributed by atoms with van der Waals surface area (Å²) < 4.78 is 0. The molecular weight excluding hydrogens is 224 g/mol. The van der Waals surface area contributed by atoms with Gasteiger partial charge in [0.25, 0.3) is 0 Å². The summed E-state index contributed by atoms with van der Waals surface area (Å²) >= 11 is 0. The fourth-order valence-electron chi connectivity index (χ4n) is 2.77. The van der Waals surface area contributed by atoms with E-state index in [1.165, 1.54) is 0 Å². The van der Waals surface area contributed by atoms with Gasteiger partial charge in [0.15, 0.2) is 0 Å². The predicted octanol–water partition coefficient (Wildman–Crippen LogP) is 4.00. The van der Waals surface area contributed by atoms with E-state index in [2.05, 4.69) is 0 Å². The van der Waals surface area contributed by atoms with Gasteiger partial charge in [-0.15, -0.1) is 0 Å². The first-order chi connectivity index (χ1) is 8.75. The molecule has 0 aromatic heterocycles. The molecule has 0 amide bonds. The van der Waals surface area contributed by atoms with Crippen molar-refractivity contribution in [3.05, 3.63) is 48.5 Å². The molecule has 0 atom stereocenters. The Hall–Kier alpha value is -2.48. The summed E-state index contributed by atoms with van der Waals surface area (Å²) in [5.74, 6) is 0.556. The van der Waals surface area contributed by atoms with Crippen molar-refractivity contribution < 1.29 is 10.2 Å². The standard InChI is InChI=1S/C16H10O2/c17-13-8-4-10-2-6-12-14(18)7-3-9-1-5-11(13)16(10)15(9)12/h1-8,17-18H. The molecule has 0 aliphatic rings. The van der Waals surface area contributed by atoms with Gasteiger partial charge < -0.3 is 10.2 Å². The normalized spacial score (nSPS) is 11.8. The van der Waals surface area contributed by atoms with Crippen LogP contribution in [0.1, 0.15) is 0 Å². The van der Waals surface area contributed by atoms with Gasteiger partial charge in [-0.2, -0.15) is 0 Å². The fourth-order valence-corrected chi connectivity index (χ4v) is 2.77. The molecule has 18 heavy (non-hydrogen) atoms. The summed E-state index contributed by atoms with van der Waals surface area (Å²) in [6.45, 7) is 0. The molecule has 4 aromatic carbocycles. The van der Waals surface area contributed by atoms with Crippen LogP contribution in [0, 0.1) is 0 Å². The second kappa shape index (κ2) is 3.05. The minimum absolute atomic E-state index is 0.278. The molecule has 0 aliphatic carbocycles.